The van der Waals surface area contributed by atoms with Gasteiger partial charge in [-0.15, -0.1) is 0 Å². The van der Waals surface area contributed by atoms with Gasteiger partial charge in [0, 0.05) is 33.0 Å². The van der Waals surface area contributed by atoms with E-state index in [1.54, 1.807) is 0 Å². The zero-order valence-electron chi connectivity index (χ0n) is 25.2. The monoisotopic (exact) mass is 602 g/mol. The number of aliphatic hydroxyl groups excluding tert-OH is 1. The van der Waals surface area contributed by atoms with Crippen molar-refractivity contribution in [2.45, 2.75) is 83.2 Å². The van der Waals surface area contributed by atoms with Gasteiger partial charge in [0.1, 0.15) is 31.5 Å². The molecule has 0 radical (unpaired) electrons. The maximum absolute atomic E-state index is 13.3. The van der Waals surface area contributed by atoms with Crippen LogP contribution in [-0.2, 0) is 60.7 Å². The molecule has 5 unspecified atom stereocenters. The fraction of sp³-hybridized carbons (Fsp3) is 0.562. The van der Waals surface area contributed by atoms with E-state index < -0.39 is 73.0 Å². The summed E-state index contributed by atoms with van der Waals surface area (Å²) in [4.78, 5) is 24.9. The molecule has 236 valence electrons. The van der Waals surface area contributed by atoms with E-state index in [4.69, 9.17) is 37.9 Å². The third-order valence-corrected chi connectivity index (χ3v) is 7.89. The molecule has 11 nitrogen and oxygen atoms in total. The van der Waals surface area contributed by atoms with Crippen molar-refractivity contribution in [1.29, 1.82) is 0 Å². The lowest BCUT2D eigenvalue weighted by atomic mass is 9.88. The predicted octanol–water partition coefficient (Wildman–Crippen LogP) is 3.01. The van der Waals surface area contributed by atoms with Crippen LogP contribution in [0.3, 0.4) is 0 Å². The highest BCUT2D eigenvalue weighted by atomic mass is 16.7. The third-order valence-electron chi connectivity index (χ3n) is 7.89. The van der Waals surface area contributed by atoms with Gasteiger partial charge in [-0.25, -0.2) is 4.79 Å². The van der Waals surface area contributed by atoms with Crippen molar-refractivity contribution in [3.8, 4) is 0 Å². The molecule has 10 atom stereocenters. The lowest BCUT2D eigenvalue weighted by Crippen LogP contribution is -2.62. The number of benzene rings is 2. The molecule has 43 heavy (non-hydrogen) atoms. The smallest absolute Gasteiger partial charge is 0.336 e. The lowest BCUT2D eigenvalue weighted by Gasteiger charge is -2.48. The molecule has 2 aromatic carbocycles. The standard InChI is InChI=1S/C32H42O11/c1-19-25(24(18-38-21(3)33)41-31(35)27(19)39-16-22-12-8-6-9-13-22)42-32-29(37-5)26(36-4)20(2)28(43-32)30(34)40-17-23-14-10-7-11-15-23/h6-15,19-20,24-29,31-32,35H,16-18H2,1-5H3/t19?,20-,24-,25-,26+,27?,28?,29?,31?,32+/m0/s1. The molecule has 0 amide bonds. The van der Waals surface area contributed by atoms with Gasteiger partial charge < -0.3 is 43.0 Å². The van der Waals surface area contributed by atoms with Crippen molar-refractivity contribution in [1.82, 2.24) is 0 Å². The van der Waals surface area contributed by atoms with Gasteiger partial charge in [-0.3, -0.25) is 4.79 Å². The number of carbonyl (C=O) groups is 2. The molecule has 0 spiro atoms. The number of methoxy groups -OCH3 is 2. The van der Waals surface area contributed by atoms with Gasteiger partial charge >= 0.3 is 11.9 Å². The SMILES string of the molecule is COC1[C@H](O[C@H]2C(C)C(OCc3ccccc3)C(O)O[C@H]2COC(C)=O)OC(C(=O)OCc2ccccc2)[C@@H](C)[C@H]1OC. The molecule has 2 fully saturated rings. The van der Waals surface area contributed by atoms with Gasteiger partial charge in [0.05, 0.1) is 18.8 Å². The van der Waals surface area contributed by atoms with Crippen molar-refractivity contribution >= 4 is 11.9 Å². The van der Waals surface area contributed by atoms with Crippen molar-refractivity contribution in [3.05, 3.63) is 71.8 Å². The zero-order chi connectivity index (χ0) is 30.9. The van der Waals surface area contributed by atoms with Crippen molar-refractivity contribution in [3.63, 3.8) is 0 Å². The second kappa shape index (κ2) is 15.7. The topological polar surface area (TPSA) is 128 Å². The molecule has 2 aromatic rings. The van der Waals surface area contributed by atoms with Gasteiger partial charge in [-0.1, -0.05) is 74.5 Å². The normalized spacial score (nSPS) is 32.6. The zero-order valence-corrected chi connectivity index (χ0v) is 25.2. The Bertz CT molecular complexity index is 1150. The number of aliphatic hydroxyl groups is 1. The van der Waals surface area contributed by atoms with E-state index in [2.05, 4.69) is 0 Å². The minimum Gasteiger partial charge on any atom is -0.463 e. The maximum Gasteiger partial charge on any atom is 0.336 e. The van der Waals surface area contributed by atoms with Crippen LogP contribution in [0.4, 0.5) is 0 Å². The van der Waals surface area contributed by atoms with Crippen LogP contribution >= 0.6 is 0 Å². The van der Waals surface area contributed by atoms with Crippen LogP contribution in [-0.4, -0.2) is 87.1 Å². The fourth-order valence-corrected chi connectivity index (χ4v) is 5.58. The quantitative estimate of drug-likeness (QED) is 0.360. The highest BCUT2D eigenvalue weighted by Gasteiger charge is 2.52. The van der Waals surface area contributed by atoms with E-state index in [0.717, 1.165) is 11.1 Å². The Hall–Kier alpha value is -2.90. The average Bonchev–Trinajstić information content (AvgIpc) is 3.01. The molecule has 2 aliphatic rings. The summed E-state index contributed by atoms with van der Waals surface area (Å²) in [5.74, 6) is -1.97. The summed E-state index contributed by atoms with van der Waals surface area (Å²) in [7, 11) is 3.03. The summed E-state index contributed by atoms with van der Waals surface area (Å²) in [6.07, 6.45) is -7.18. The Labute approximate surface area is 252 Å². The largest absolute Gasteiger partial charge is 0.463 e. The Morgan fingerprint density at radius 1 is 0.767 bits per heavy atom. The van der Waals surface area contributed by atoms with Gasteiger partial charge in [-0.05, 0) is 11.1 Å². The first-order valence-electron chi connectivity index (χ1n) is 14.4. The molecule has 0 bridgehead atoms. The number of esters is 2. The predicted molar refractivity (Wildman–Crippen MR) is 152 cm³/mol. The number of rotatable bonds is 12. The summed E-state index contributed by atoms with van der Waals surface area (Å²) in [6.45, 7) is 5.09. The summed E-state index contributed by atoms with van der Waals surface area (Å²) >= 11 is 0. The Morgan fingerprint density at radius 3 is 1.95 bits per heavy atom. The van der Waals surface area contributed by atoms with Crippen LogP contribution in [0, 0.1) is 11.8 Å². The van der Waals surface area contributed by atoms with E-state index >= 15 is 0 Å². The molecule has 0 saturated carbocycles. The molecule has 2 heterocycles. The number of ether oxygens (including phenoxy) is 8. The molecule has 2 saturated heterocycles. The molecule has 11 heteroatoms. The minimum absolute atomic E-state index is 0.0828. The lowest BCUT2D eigenvalue weighted by molar-refractivity contribution is -0.347. The van der Waals surface area contributed by atoms with Crippen LogP contribution in [0.25, 0.3) is 0 Å². The minimum atomic E-state index is -1.31. The summed E-state index contributed by atoms with van der Waals surface area (Å²) < 4.78 is 47.1. The van der Waals surface area contributed by atoms with Crippen molar-refractivity contribution in [2.75, 3.05) is 20.8 Å². The number of hydrogen-bond donors (Lipinski definition) is 1. The molecule has 4 rings (SSSR count). The van der Waals surface area contributed by atoms with Crippen LogP contribution in [0.5, 0.6) is 0 Å². The second-order valence-electron chi connectivity index (χ2n) is 10.9. The third kappa shape index (κ3) is 8.39. The van der Waals surface area contributed by atoms with Crippen LogP contribution in [0.2, 0.25) is 0 Å². The highest BCUT2D eigenvalue weighted by Crippen LogP contribution is 2.36. The molecular formula is C32H42O11. The average molecular weight is 603 g/mol. The summed E-state index contributed by atoms with van der Waals surface area (Å²) in [5, 5.41) is 10.9. The number of hydrogen-bond acceptors (Lipinski definition) is 11. The van der Waals surface area contributed by atoms with Gasteiger partial charge in [0.25, 0.3) is 0 Å². The van der Waals surface area contributed by atoms with E-state index in [-0.39, 0.29) is 19.8 Å². The van der Waals surface area contributed by atoms with Gasteiger partial charge in [0.15, 0.2) is 18.7 Å². The first-order chi connectivity index (χ1) is 20.7. The van der Waals surface area contributed by atoms with E-state index in [9.17, 15) is 14.7 Å². The molecule has 2 aliphatic heterocycles. The van der Waals surface area contributed by atoms with Gasteiger partial charge in [-0.2, -0.15) is 0 Å². The summed E-state index contributed by atoms with van der Waals surface area (Å²) in [5.41, 5.74) is 1.76. The summed E-state index contributed by atoms with van der Waals surface area (Å²) in [6, 6.07) is 18.9. The van der Waals surface area contributed by atoms with Crippen molar-refractivity contribution in [2.24, 2.45) is 11.8 Å². The van der Waals surface area contributed by atoms with E-state index in [1.165, 1.54) is 21.1 Å². The molecular weight excluding hydrogens is 560 g/mol. The molecule has 1 N–H and O–H groups in total. The fourth-order valence-electron chi connectivity index (χ4n) is 5.58. The van der Waals surface area contributed by atoms with Gasteiger partial charge in [0.2, 0.25) is 0 Å². The number of carbonyl (C=O) groups excluding carboxylic acids is 2. The first-order valence-corrected chi connectivity index (χ1v) is 14.4. The molecule has 0 aliphatic carbocycles. The second-order valence-corrected chi connectivity index (χ2v) is 10.9. The Kier molecular flexibility index (Phi) is 12.1. The maximum atomic E-state index is 13.3. The Morgan fingerprint density at radius 2 is 1.37 bits per heavy atom. The van der Waals surface area contributed by atoms with E-state index in [0.29, 0.717) is 0 Å². The van der Waals surface area contributed by atoms with Crippen LogP contribution in [0.1, 0.15) is 31.9 Å². The highest BCUT2D eigenvalue weighted by molar-refractivity contribution is 5.75. The Balaban J connectivity index is 1.54. The van der Waals surface area contributed by atoms with Crippen LogP contribution in [0.15, 0.2) is 60.7 Å². The first kappa shape index (κ1) is 33.0. The molecule has 0 aromatic heterocycles. The van der Waals surface area contributed by atoms with Crippen molar-refractivity contribution < 1.29 is 52.6 Å². The van der Waals surface area contributed by atoms with Crippen LogP contribution < -0.4 is 0 Å². The van der Waals surface area contributed by atoms with E-state index in [1.807, 2.05) is 74.5 Å².